The molecule has 0 aliphatic carbocycles. The largest absolute Gasteiger partial charge is 0.399 e. The molecule has 2 heterocycles. The maximum absolute atomic E-state index is 13.4. The molecule has 162 valence electrons. The van der Waals surface area contributed by atoms with Crippen molar-refractivity contribution in [3.63, 3.8) is 0 Å². The molecule has 0 radical (unpaired) electrons. The van der Waals surface area contributed by atoms with Crippen LogP contribution < -0.4 is 11.1 Å². The number of rotatable bonds is 2. The second kappa shape index (κ2) is 7.72. The molecule has 2 aliphatic heterocycles. The standard InChI is InChI=1S/C24H28N4O3/c1-24(2,3)13-21(29)27-10-11-28-20(14-27)22(30)26-19-9-6-16(12-18(19)23(28)31)15-4-7-17(25)8-5-15/h4-9,12,20H,10-11,13-14,25H2,1-3H3,(H,26,30). The number of benzene rings is 2. The minimum atomic E-state index is -0.697. The van der Waals surface area contributed by atoms with E-state index in [9.17, 15) is 14.4 Å². The number of amides is 3. The first-order valence-electron chi connectivity index (χ1n) is 10.5. The Labute approximate surface area is 182 Å². The number of nitrogen functional groups attached to an aromatic ring is 1. The Bertz CT molecular complexity index is 1040. The van der Waals surface area contributed by atoms with Gasteiger partial charge < -0.3 is 20.9 Å². The molecule has 0 aromatic heterocycles. The Hall–Kier alpha value is -3.35. The number of anilines is 2. The third kappa shape index (κ3) is 4.26. The zero-order chi connectivity index (χ0) is 22.3. The number of piperazine rings is 1. The van der Waals surface area contributed by atoms with Gasteiger partial charge >= 0.3 is 0 Å². The Morgan fingerprint density at radius 1 is 1.06 bits per heavy atom. The highest BCUT2D eigenvalue weighted by Gasteiger charge is 2.40. The summed E-state index contributed by atoms with van der Waals surface area (Å²) < 4.78 is 0. The molecular weight excluding hydrogens is 392 g/mol. The first kappa shape index (κ1) is 20.9. The quantitative estimate of drug-likeness (QED) is 0.730. The van der Waals surface area contributed by atoms with Crippen LogP contribution in [0.4, 0.5) is 11.4 Å². The average molecular weight is 421 g/mol. The molecule has 2 aromatic carbocycles. The third-order valence-corrected chi connectivity index (χ3v) is 5.73. The van der Waals surface area contributed by atoms with Gasteiger partial charge in [-0.2, -0.15) is 0 Å². The topological polar surface area (TPSA) is 95.7 Å². The highest BCUT2D eigenvalue weighted by Crippen LogP contribution is 2.31. The zero-order valence-corrected chi connectivity index (χ0v) is 18.1. The number of nitrogens with two attached hydrogens (primary N) is 1. The van der Waals surface area contributed by atoms with E-state index in [1.807, 2.05) is 57.2 Å². The number of hydrogen-bond donors (Lipinski definition) is 2. The number of fused-ring (bicyclic) bond motifs is 2. The van der Waals surface area contributed by atoms with Crippen LogP contribution in [0.1, 0.15) is 37.6 Å². The molecule has 2 aromatic rings. The van der Waals surface area contributed by atoms with Crippen molar-refractivity contribution >= 4 is 29.1 Å². The number of nitrogens with one attached hydrogen (secondary N) is 1. The van der Waals surface area contributed by atoms with Crippen molar-refractivity contribution in [3.05, 3.63) is 48.0 Å². The van der Waals surface area contributed by atoms with Gasteiger partial charge in [-0.05, 0) is 40.8 Å². The maximum atomic E-state index is 13.4. The molecule has 0 spiro atoms. The van der Waals surface area contributed by atoms with Crippen molar-refractivity contribution in [2.45, 2.75) is 33.2 Å². The predicted octanol–water partition coefficient (Wildman–Crippen LogP) is 2.98. The van der Waals surface area contributed by atoms with Gasteiger partial charge in [0.25, 0.3) is 5.91 Å². The molecular formula is C24H28N4O3. The summed E-state index contributed by atoms with van der Waals surface area (Å²) in [6.07, 6.45) is 0.403. The highest BCUT2D eigenvalue weighted by atomic mass is 16.2. The number of carbonyl (C=O) groups is 3. The van der Waals surface area contributed by atoms with Gasteiger partial charge in [0.1, 0.15) is 6.04 Å². The summed E-state index contributed by atoms with van der Waals surface area (Å²) in [6, 6.07) is 12.2. The fraction of sp³-hybridized carbons (Fsp3) is 0.375. The Balaban J connectivity index is 1.60. The normalized spacial score (nSPS) is 18.7. The first-order chi connectivity index (χ1) is 14.6. The lowest BCUT2D eigenvalue weighted by atomic mass is 9.91. The van der Waals surface area contributed by atoms with E-state index < -0.39 is 6.04 Å². The summed E-state index contributed by atoms with van der Waals surface area (Å²) in [4.78, 5) is 42.3. The molecule has 31 heavy (non-hydrogen) atoms. The summed E-state index contributed by atoms with van der Waals surface area (Å²) in [5, 5.41) is 2.89. The van der Waals surface area contributed by atoms with Gasteiger partial charge in [-0.25, -0.2) is 0 Å². The van der Waals surface area contributed by atoms with E-state index >= 15 is 0 Å². The summed E-state index contributed by atoms with van der Waals surface area (Å²) >= 11 is 0. The van der Waals surface area contributed by atoms with Crippen molar-refractivity contribution in [1.82, 2.24) is 9.80 Å². The summed E-state index contributed by atoms with van der Waals surface area (Å²) in [7, 11) is 0. The molecule has 0 saturated carbocycles. The van der Waals surface area contributed by atoms with Crippen LogP contribution in [-0.4, -0.2) is 53.2 Å². The van der Waals surface area contributed by atoms with Gasteiger partial charge in [0.05, 0.1) is 17.8 Å². The van der Waals surface area contributed by atoms with E-state index in [1.54, 1.807) is 15.9 Å². The van der Waals surface area contributed by atoms with E-state index in [-0.39, 0.29) is 29.7 Å². The Kier molecular flexibility index (Phi) is 5.21. The highest BCUT2D eigenvalue weighted by molar-refractivity contribution is 6.10. The smallest absolute Gasteiger partial charge is 0.256 e. The van der Waals surface area contributed by atoms with Gasteiger partial charge in [0.2, 0.25) is 11.8 Å². The van der Waals surface area contributed by atoms with E-state index in [0.29, 0.717) is 36.4 Å². The van der Waals surface area contributed by atoms with Crippen LogP contribution in [0.25, 0.3) is 11.1 Å². The van der Waals surface area contributed by atoms with Crippen LogP contribution >= 0.6 is 0 Å². The molecule has 1 saturated heterocycles. The monoisotopic (exact) mass is 420 g/mol. The SMILES string of the molecule is CC(C)(C)CC(=O)N1CCN2C(=O)c3cc(-c4ccc(N)cc4)ccc3NC(=O)C2C1. The van der Waals surface area contributed by atoms with Gasteiger partial charge in [0, 0.05) is 25.2 Å². The third-order valence-electron chi connectivity index (χ3n) is 5.73. The van der Waals surface area contributed by atoms with Crippen molar-refractivity contribution in [2.75, 3.05) is 30.7 Å². The molecule has 4 rings (SSSR count). The molecule has 7 nitrogen and oxygen atoms in total. The van der Waals surface area contributed by atoms with Crippen molar-refractivity contribution in [3.8, 4) is 11.1 Å². The lowest BCUT2D eigenvalue weighted by molar-refractivity contribution is -0.137. The van der Waals surface area contributed by atoms with Crippen molar-refractivity contribution in [2.24, 2.45) is 5.41 Å². The zero-order valence-electron chi connectivity index (χ0n) is 18.1. The predicted molar refractivity (Wildman–Crippen MR) is 120 cm³/mol. The van der Waals surface area contributed by atoms with Crippen LogP contribution in [0, 0.1) is 5.41 Å². The fourth-order valence-electron chi connectivity index (χ4n) is 4.10. The molecule has 7 heteroatoms. The van der Waals surface area contributed by atoms with Crippen molar-refractivity contribution in [1.29, 1.82) is 0 Å². The van der Waals surface area contributed by atoms with Crippen LogP contribution in [0.2, 0.25) is 0 Å². The van der Waals surface area contributed by atoms with E-state index in [1.165, 1.54) is 0 Å². The van der Waals surface area contributed by atoms with Gasteiger partial charge in [-0.15, -0.1) is 0 Å². The maximum Gasteiger partial charge on any atom is 0.256 e. The Morgan fingerprint density at radius 2 is 1.74 bits per heavy atom. The molecule has 1 atom stereocenters. The fourth-order valence-corrected chi connectivity index (χ4v) is 4.10. The molecule has 2 aliphatic rings. The van der Waals surface area contributed by atoms with Gasteiger partial charge in [-0.3, -0.25) is 14.4 Å². The molecule has 1 fully saturated rings. The van der Waals surface area contributed by atoms with Crippen LogP contribution in [0.15, 0.2) is 42.5 Å². The second-order valence-electron chi connectivity index (χ2n) is 9.46. The van der Waals surface area contributed by atoms with Gasteiger partial charge in [0.15, 0.2) is 0 Å². The Morgan fingerprint density at radius 3 is 2.42 bits per heavy atom. The summed E-state index contributed by atoms with van der Waals surface area (Å²) in [5.74, 6) is -0.445. The van der Waals surface area contributed by atoms with Crippen molar-refractivity contribution < 1.29 is 14.4 Å². The molecule has 3 N–H and O–H groups in total. The lowest BCUT2D eigenvalue weighted by Crippen LogP contribution is -2.59. The lowest BCUT2D eigenvalue weighted by Gasteiger charge is -2.40. The number of hydrogen-bond acceptors (Lipinski definition) is 4. The molecule has 1 unspecified atom stereocenters. The van der Waals surface area contributed by atoms with Crippen LogP contribution in [-0.2, 0) is 9.59 Å². The van der Waals surface area contributed by atoms with Crippen LogP contribution in [0.5, 0.6) is 0 Å². The van der Waals surface area contributed by atoms with E-state index in [4.69, 9.17) is 5.73 Å². The summed E-state index contributed by atoms with van der Waals surface area (Å²) in [5.41, 5.74) is 9.08. The van der Waals surface area contributed by atoms with Gasteiger partial charge in [-0.1, -0.05) is 39.0 Å². The van der Waals surface area contributed by atoms with Crippen LogP contribution in [0.3, 0.4) is 0 Å². The van der Waals surface area contributed by atoms with E-state index in [2.05, 4.69) is 5.32 Å². The molecule has 3 amide bonds. The minimum Gasteiger partial charge on any atom is -0.399 e. The minimum absolute atomic E-state index is 0.0137. The first-order valence-corrected chi connectivity index (χ1v) is 10.5. The number of nitrogens with zero attached hydrogens (tertiary/aromatic N) is 2. The molecule has 0 bridgehead atoms. The summed E-state index contributed by atoms with van der Waals surface area (Å²) in [6.45, 7) is 7.01. The average Bonchev–Trinajstić information content (AvgIpc) is 2.82. The second-order valence-corrected chi connectivity index (χ2v) is 9.46. The van der Waals surface area contributed by atoms with E-state index in [0.717, 1.165) is 11.1 Å². The number of carbonyl (C=O) groups excluding carboxylic acids is 3.